The summed E-state index contributed by atoms with van der Waals surface area (Å²) in [7, 11) is 0. The van der Waals surface area contributed by atoms with E-state index in [1.165, 1.54) is 0 Å². The maximum absolute atomic E-state index is 13.1. The normalized spacial score (nSPS) is 19.9. The van der Waals surface area contributed by atoms with Crippen molar-refractivity contribution >= 4 is 5.91 Å². The van der Waals surface area contributed by atoms with Gasteiger partial charge in [0.25, 0.3) is 5.91 Å². The van der Waals surface area contributed by atoms with Crippen molar-refractivity contribution in [1.29, 1.82) is 0 Å². The standard InChI is InChI=1S/C17H19N3O3/c1-11-10-18-16(19-11)13-5-3-7-20(13)17(21)12-4-2-6-14-15(12)23-9-8-22-14/h2,4,6,10,13H,3,5,7-9H2,1H3,(H,18,19)/t13-/m1/s1. The molecule has 0 unspecified atom stereocenters. The lowest BCUT2D eigenvalue weighted by Gasteiger charge is -2.26. The van der Waals surface area contributed by atoms with Crippen LogP contribution in [0, 0.1) is 6.92 Å². The van der Waals surface area contributed by atoms with E-state index in [2.05, 4.69) is 9.97 Å². The molecule has 0 saturated carbocycles. The van der Waals surface area contributed by atoms with Crippen molar-refractivity contribution in [2.75, 3.05) is 19.8 Å². The molecule has 0 aliphatic carbocycles. The first-order chi connectivity index (χ1) is 11.2. The van der Waals surface area contributed by atoms with Gasteiger partial charge in [0.15, 0.2) is 11.5 Å². The number of carbonyl (C=O) groups excluding carboxylic acids is 1. The highest BCUT2D eigenvalue weighted by molar-refractivity contribution is 5.98. The van der Waals surface area contributed by atoms with Gasteiger partial charge in [-0.3, -0.25) is 4.79 Å². The second-order valence-electron chi connectivity index (χ2n) is 5.94. The maximum atomic E-state index is 13.1. The Hall–Kier alpha value is -2.50. The molecule has 6 heteroatoms. The highest BCUT2D eigenvalue weighted by atomic mass is 16.6. The molecule has 0 spiro atoms. The van der Waals surface area contributed by atoms with Crippen molar-refractivity contribution in [3.05, 3.63) is 41.5 Å². The summed E-state index contributed by atoms with van der Waals surface area (Å²) in [5, 5.41) is 0. The van der Waals surface area contributed by atoms with Crippen LogP contribution in [0.1, 0.15) is 40.8 Å². The van der Waals surface area contributed by atoms with E-state index in [1.807, 2.05) is 24.0 Å². The monoisotopic (exact) mass is 313 g/mol. The van der Waals surface area contributed by atoms with Crippen LogP contribution in [0.15, 0.2) is 24.4 Å². The predicted molar refractivity (Wildman–Crippen MR) is 83.8 cm³/mol. The zero-order valence-corrected chi connectivity index (χ0v) is 13.0. The second kappa shape index (κ2) is 5.61. The summed E-state index contributed by atoms with van der Waals surface area (Å²) < 4.78 is 11.3. The molecule has 23 heavy (non-hydrogen) atoms. The maximum Gasteiger partial charge on any atom is 0.258 e. The molecule has 3 heterocycles. The molecular weight excluding hydrogens is 294 g/mol. The van der Waals surface area contributed by atoms with E-state index in [4.69, 9.17) is 9.47 Å². The Bertz CT molecular complexity index is 740. The molecule has 6 nitrogen and oxygen atoms in total. The largest absolute Gasteiger partial charge is 0.486 e. The lowest BCUT2D eigenvalue weighted by atomic mass is 10.1. The zero-order valence-electron chi connectivity index (χ0n) is 13.0. The minimum atomic E-state index is -0.0242. The van der Waals surface area contributed by atoms with Crippen molar-refractivity contribution in [3.63, 3.8) is 0 Å². The fourth-order valence-electron chi connectivity index (χ4n) is 3.29. The van der Waals surface area contributed by atoms with Gasteiger partial charge >= 0.3 is 0 Å². The van der Waals surface area contributed by atoms with Crippen LogP contribution in [0.2, 0.25) is 0 Å². The number of aryl methyl sites for hydroxylation is 1. The van der Waals surface area contributed by atoms with Crippen LogP contribution < -0.4 is 9.47 Å². The number of H-pyrrole nitrogens is 1. The molecule has 0 radical (unpaired) electrons. The number of fused-ring (bicyclic) bond motifs is 1. The van der Waals surface area contributed by atoms with E-state index in [0.29, 0.717) is 30.3 Å². The van der Waals surface area contributed by atoms with E-state index in [-0.39, 0.29) is 11.9 Å². The number of rotatable bonds is 2. The molecule has 1 fully saturated rings. The number of para-hydroxylation sites is 1. The molecule has 4 rings (SSSR count). The smallest absolute Gasteiger partial charge is 0.258 e. The fraction of sp³-hybridized carbons (Fsp3) is 0.412. The van der Waals surface area contributed by atoms with Crippen LogP contribution in [0.25, 0.3) is 0 Å². The SMILES string of the molecule is Cc1cnc([C@H]2CCCN2C(=O)c2cccc3c2OCCO3)[nH]1. The molecule has 1 amide bonds. The Labute approximate surface area is 134 Å². The number of nitrogens with zero attached hydrogens (tertiary/aromatic N) is 2. The summed E-state index contributed by atoms with van der Waals surface area (Å²) in [5.41, 5.74) is 1.57. The number of imidazole rings is 1. The molecule has 2 aliphatic heterocycles. The molecule has 1 saturated heterocycles. The zero-order chi connectivity index (χ0) is 15.8. The quantitative estimate of drug-likeness (QED) is 0.925. The molecule has 0 bridgehead atoms. The number of amides is 1. The first-order valence-electron chi connectivity index (χ1n) is 7.95. The third-order valence-corrected chi connectivity index (χ3v) is 4.35. The fourth-order valence-corrected chi connectivity index (χ4v) is 3.29. The topological polar surface area (TPSA) is 67.5 Å². The Morgan fingerprint density at radius 1 is 1.35 bits per heavy atom. The summed E-state index contributed by atoms with van der Waals surface area (Å²) in [4.78, 5) is 22.6. The summed E-state index contributed by atoms with van der Waals surface area (Å²) in [5.74, 6) is 2.04. The first-order valence-corrected chi connectivity index (χ1v) is 7.95. The number of benzene rings is 1. The molecule has 1 aromatic carbocycles. The van der Waals surface area contributed by atoms with Crippen LogP contribution in [0.4, 0.5) is 0 Å². The first kappa shape index (κ1) is 14.1. The van der Waals surface area contributed by atoms with Crippen molar-refractivity contribution in [2.45, 2.75) is 25.8 Å². The summed E-state index contributed by atoms with van der Waals surface area (Å²) >= 11 is 0. The highest BCUT2D eigenvalue weighted by Gasteiger charge is 2.34. The van der Waals surface area contributed by atoms with E-state index in [9.17, 15) is 4.79 Å². The highest BCUT2D eigenvalue weighted by Crippen LogP contribution is 2.37. The molecule has 1 atom stereocenters. The summed E-state index contributed by atoms with van der Waals surface area (Å²) in [6, 6.07) is 5.47. The Morgan fingerprint density at radius 2 is 2.22 bits per heavy atom. The molecular formula is C17H19N3O3. The number of nitrogens with one attached hydrogen (secondary N) is 1. The van der Waals surface area contributed by atoms with Crippen molar-refractivity contribution in [1.82, 2.24) is 14.9 Å². The van der Waals surface area contributed by atoms with Gasteiger partial charge in [-0.05, 0) is 31.9 Å². The molecule has 2 aliphatic rings. The molecule has 1 N–H and O–H groups in total. The number of aromatic amines is 1. The Morgan fingerprint density at radius 3 is 3.04 bits per heavy atom. The van der Waals surface area contributed by atoms with Gasteiger partial charge in [-0.1, -0.05) is 6.07 Å². The van der Waals surface area contributed by atoms with E-state index < -0.39 is 0 Å². The lowest BCUT2D eigenvalue weighted by Crippen LogP contribution is -2.32. The number of hydrogen-bond acceptors (Lipinski definition) is 4. The molecule has 1 aromatic heterocycles. The van der Waals surface area contributed by atoms with Gasteiger partial charge in [-0.15, -0.1) is 0 Å². The third kappa shape index (κ3) is 2.44. The summed E-state index contributed by atoms with van der Waals surface area (Å²) in [6.45, 7) is 3.69. The number of aromatic nitrogens is 2. The van der Waals surface area contributed by atoms with Crippen molar-refractivity contribution in [2.24, 2.45) is 0 Å². The van der Waals surface area contributed by atoms with Crippen LogP contribution >= 0.6 is 0 Å². The van der Waals surface area contributed by atoms with Gasteiger partial charge in [-0.2, -0.15) is 0 Å². The minimum Gasteiger partial charge on any atom is -0.486 e. The van der Waals surface area contributed by atoms with Crippen LogP contribution in [-0.2, 0) is 0 Å². The summed E-state index contributed by atoms with van der Waals surface area (Å²) in [6.07, 6.45) is 3.70. The number of likely N-dealkylation sites (tertiary alicyclic amines) is 1. The van der Waals surface area contributed by atoms with Crippen LogP contribution in [0.5, 0.6) is 11.5 Å². The second-order valence-corrected chi connectivity index (χ2v) is 5.94. The number of ether oxygens (including phenoxy) is 2. The van der Waals surface area contributed by atoms with Gasteiger partial charge < -0.3 is 19.4 Å². The van der Waals surface area contributed by atoms with E-state index in [1.54, 1.807) is 12.3 Å². The van der Waals surface area contributed by atoms with Gasteiger partial charge in [0, 0.05) is 18.4 Å². The molecule has 2 aromatic rings. The lowest BCUT2D eigenvalue weighted by molar-refractivity contribution is 0.0720. The predicted octanol–water partition coefficient (Wildman–Crippen LogP) is 2.47. The average Bonchev–Trinajstić information content (AvgIpc) is 3.22. The van der Waals surface area contributed by atoms with Gasteiger partial charge in [0.1, 0.15) is 19.0 Å². The van der Waals surface area contributed by atoms with Gasteiger partial charge in [-0.25, -0.2) is 4.98 Å². The minimum absolute atomic E-state index is 0.00318. The molecule has 120 valence electrons. The number of carbonyl (C=O) groups is 1. The Balaban J connectivity index is 1.66. The van der Waals surface area contributed by atoms with Crippen molar-refractivity contribution in [3.8, 4) is 11.5 Å². The van der Waals surface area contributed by atoms with Crippen LogP contribution in [-0.4, -0.2) is 40.5 Å². The van der Waals surface area contributed by atoms with E-state index >= 15 is 0 Å². The van der Waals surface area contributed by atoms with Crippen LogP contribution in [0.3, 0.4) is 0 Å². The number of hydrogen-bond donors (Lipinski definition) is 1. The average molecular weight is 313 g/mol. The third-order valence-electron chi connectivity index (χ3n) is 4.35. The Kier molecular flexibility index (Phi) is 3.44. The van der Waals surface area contributed by atoms with Gasteiger partial charge in [0.2, 0.25) is 0 Å². The van der Waals surface area contributed by atoms with Crippen molar-refractivity contribution < 1.29 is 14.3 Å². The van der Waals surface area contributed by atoms with Gasteiger partial charge in [0.05, 0.1) is 11.6 Å². The van der Waals surface area contributed by atoms with E-state index in [0.717, 1.165) is 30.9 Å².